The Labute approximate surface area is 112 Å². The first-order valence-electron chi connectivity index (χ1n) is 6.72. The van der Waals surface area contributed by atoms with Gasteiger partial charge < -0.3 is 15.4 Å². The first kappa shape index (κ1) is 14.5. The minimum Gasteiger partial charge on any atom is -0.444 e. The molecule has 0 aromatic rings. The van der Waals surface area contributed by atoms with Gasteiger partial charge in [-0.1, -0.05) is 0 Å². The Balaban J connectivity index is 1.90. The number of ether oxygens (including phenoxy) is 1. The summed E-state index contributed by atoms with van der Waals surface area (Å²) in [7, 11) is 0. The molecule has 0 spiro atoms. The molecule has 0 aromatic heterocycles. The monoisotopic (exact) mass is 276 g/mol. The number of alkyl halides is 2. The summed E-state index contributed by atoms with van der Waals surface area (Å²) in [4.78, 5) is 13.7. The van der Waals surface area contributed by atoms with E-state index in [1.54, 1.807) is 4.90 Å². The predicted molar refractivity (Wildman–Crippen MR) is 66.9 cm³/mol. The van der Waals surface area contributed by atoms with E-state index in [4.69, 9.17) is 10.5 Å². The van der Waals surface area contributed by atoms with Crippen LogP contribution in [-0.4, -0.2) is 41.6 Å². The average Bonchev–Trinajstić information content (AvgIpc) is 2.80. The van der Waals surface area contributed by atoms with Gasteiger partial charge in [0.25, 0.3) is 6.43 Å². The molecular formula is C13H22F2N2O2. The largest absolute Gasteiger partial charge is 0.444 e. The second-order valence-electron chi connectivity index (χ2n) is 6.59. The van der Waals surface area contributed by atoms with Gasteiger partial charge in [0, 0.05) is 12.6 Å². The number of amides is 1. The summed E-state index contributed by atoms with van der Waals surface area (Å²) in [6.45, 7) is 6.06. The van der Waals surface area contributed by atoms with Crippen LogP contribution in [0.25, 0.3) is 0 Å². The van der Waals surface area contributed by atoms with Crippen molar-refractivity contribution >= 4 is 6.09 Å². The summed E-state index contributed by atoms with van der Waals surface area (Å²) in [5.41, 5.74) is 4.89. The molecule has 2 bridgehead atoms. The Bertz CT molecular complexity index is 357. The maximum absolute atomic E-state index is 12.5. The van der Waals surface area contributed by atoms with E-state index in [1.165, 1.54) is 0 Å². The lowest BCUT2D eigenvalue weighted by atomic mass is 9.71. The fraction of sp³-hybridized carbons (Fsp3) is 0.923. The predicted octanol–water partition coefficient (Wildman–Crippen LogP) is 2.22. The first-order chi connectivity index (χ1) is 8.69. The highest BCUT2D eigenvalue weighted by molar-refractivity contribution is 5.69. The molecule has 1 saturated carbocycles. The second kappa shape index (κ2) is 4.89. The Morgan fingerprint density at radius 3 is 2.63 bits per heavy atom. The van der Waals surface area contributed by atoms with Crippen LogP contribution in [-0.2, 0) is 4.74 Å². The van der Waals surface area contributed by atoms with Crippen molar-refractivity contribution in [1.29, 1.82) is 0 Å². The molecular weight excluding hydrogens is 254 g/mol. The van der Waals surface area contributed by atoms with Crippen LogP contribution in [0.4, 0.5) is 13.6 Å². The minimum atomic E-state index is -2.49. The van der Waals surface area contributed by atoms with Crippen molar-refractivity contribution in [1.82, 2.24) is 4.90 Å². The van der Waals surface area contributed by atoms with Gasteiger partial charge in [0.15, 0.2) is 0 Å². The third kappa shape index (κ3) is 2.99. The first-order valence-corrected chi connectivity index (χ1v) is 6.72. The van der Waals surface area contributed by atoms with Crippen molar-refractivity contribution in [3.63, 3.8) is 0 Å². The Kier molecular flexibility index (Phi) is 3.73. The quantitative estimate of drug-likeness (QED) is 0.860. The van der Waals surface area contributed by atoms with E-state index < -0.39 is 18.1 Å². The number of rotatable bonds is 3. The van der Waals surface area contributed by atoms with E-state index in [0.717, 1.165) is 6.42 Å². The summed E-state index contributed by atoms with van der Waals surface area (Å²) >= 11 is 0. The molecule has 110 valence electrons. The highest BCUT2D eigenvalue weighted by Gasteiger charge is 2.54. The molecule has 0 radical (unpaired) electrons. The van der Waals surface area contributed by atoms with Crippen molar-refractivity contribution in [3.05, 3.63) is 0 Å². The number of halogens is 2. The van der Waals surface area contributed by atoms with Gasteiger partial charge >= 0.3 is 6.09 Å². The van der Waals surface area contributed by atoms with E-state index in [0.29, 0.717) is 12.5 Å². The molecule has 2 aliphatic heterocycles. The van der Waals surface area contributed by atoms with E-state index >= 15 is 0 Å². The van der Waals surface area contributed by atoms with Crippen LogP contribution in [0, 0.1) is 11.8 Å². The van der Waals surface area contributed by atoms with E-state index in [9.17, 15) is 13.6 Å². The highest BCUT2D eigenvalue weighted by atomic mass is 19.3. The second-order valence-corrected chi connectivity index (χ2v) is 6.59. The molecule has 3 fully saturated rings. The molecule has 6 heteroatoms. The molecule has 1 amide bonds. The summed E-state index contributed by atoms with van der Waals surface area (Å²) in [5.74, 6) is 0.416. The highest BCUT2D eigenvalue weighted by Crippen LogP contribution is 2.49. The number of carbonyl (C=O) groups excluding carboxylic acids is 1. The lowest BCUT2D eigenvalue weighted by molar-refractivity contribution is 0.0171. The zero-order chi connectivity index (χ0) is 14.4. The lowest BCUT2D eigenvalue weighted by Crippen LogP contribution is -2.46. The molecule has 0 aromatic carbocycles. The van der Waals surface area contributed by atoms with Crippen LogP contribution < -0.4 is 5.73 Å². The molecule has 3 rings (SSSR count). The molecule has 4 nitrogen and oxygen atoms in total. The number of nitrogens with zero attached hydrogens (tertiary/aromatic N) is 1. The zero-order valence-corrected chi connectivity index (χ0v) is 11.6. The number of hydrogen-bond acceptors (Lipinski definition) is 3. The molecule has 2 N–H and O–H groups in total. The number of carbonyl (C=O) groups is 1. The van der Waals surface area contributed by atoms with Crippen molar-refractivity contribution in [2.24, 2.45) is 17.6 Å². The third-order valence-electron chi connectivity index (χ3n) is 3.97. The molecule has 3 aliphatic rings. The Morgan fingerprint density at radius 2 is 2.11 bits per heavy atom. The van der Waals surface area contributed by atoms with Crippen molar-refractivity contribution in [2.75, 3.05) is 6.54 Å². The van der Waals surface area contributed by atoms with Gasteiger partial charge in [-0.15, -0.1) is 0 Å². The van der Waals surface area contributed by atoms with Crippen LogP contribution in [0.2, 0.25) is 0 Å². The van der Waals surface area contributed by atoms with Crippen LogP contribution in [0.15, 0.2) is 0 Å². The van der Waals surface area contributed by atoms with Gasteiger partial charge in [0.2, 0.25) is 0 Å². The number of nitrogens with two attached hydrogens (primary N) is 1. The number of fused-ring (bicyclic) bond motifs is 1. The summed E-state index contributed by atoms with van der Waals surface area (Å²) in [6, 6.07) is -1.06. The third-order valence-corrected chi connectivity index (χ3v) is 3.97. The Morgan fingerprint density at radius 1 is 1.47 bits per heavy atom. The normalized spacial score (nSPS) is 31.3. The zero-order valence-electron chi connectivity index (χ0n) is 11.6. The van der Waals surface area contributed by atoms with E-state index in [1.807, 2.05) is 20.8 Å². The van der Waals surface area contributed by atoms with Gasteiger partial charge in [0.05, 0.1) is 6.04 Å². The van der Waals surface area contributed by atoms with Gasteiger partial charge in [-0.3, -0.25) is 0 Å². The molecule has 4 atom stereocenters. The SMILES string of the molecule is CC(C)(C)OC(=O)N1C[C@@H]2C[C@H]1C2CC(N)C(F)F. The number of hydrogen-bond donors (Lipinski definition) is 1. The van der Waals surface area contributed by atoms with Crippen molar-refractivity contribution in [2.45, 2.75) is 57.7 Å². The lowest BCUT2D eigenvalue weighted by Gasteiger charge is -2.38. The fourth-order valence-corrected chi connectivity index (χ4v) is 3.03. The van der Waals surface area contributed by atoms with E-state index in [-0.39, 0.29) is 24.5 Å². The summed E-state index contributed by atoms with van der Waals surface area (Å²) in [6.07, 6.45) is -1.66. The van der Waals surface area contributed by atoms with Gasteiger partial charge in [0.1, 0.15) is 5.60 Å². The topological polar surface area (TPSA) is 55.6 Å². The minimum absolute atomic E-state index is 0.0321. The standard InChI is InChI=1S/C13H22F2N2O2/c1-13(2,3)19-12(18)17-6-7-4-10(17)8(7)5-9(16)11(14)15/h7-11H,4-6,16H2,1-3H3/t7-,8?,9?,10-/m0/s1. The molecule has 2 unspecified atom stereocenters. The van der Waals surface area contributed by atoms with Gasteiger partial charge in [-0.2, -0.15) is 0 Å². The van der Waals surface area contributed by atoms with Gasteiger partial charge in [-0.05, 0) is 45.4 Å². The Hall–Kier alpha value is -0.910. The van der Waals surface area contributed by atoms with Crippen LogP contribution in [0.5, 0.6) is 0 Å². The smallest absolute Gasteiger partial charge is 0.410 e. The summed E-state index contributed by atoms with van der Waals surface area (Å²) < 4.78 is 30.3. The maximum atomic E-state index is 12.5. The summed E-state index contributed by atoms with van der Waals surface area (Å²) in [5, 5.41) is 0. The van der Waals surface area contributed by atoms with Gasteiger partial charge in [-0.25, -0.2) is 13.6 Å². The molecule has 1 aliphatic carbocycles. The molecule has 19 heavy (non-hydrogen) atoms. The maximum Gasteiger partial charge on any atom is 0.410 e. The van der Waals surface area contributed by atoms with E-state index in [2.05, 4.69) is 0 Å². The van der Waals surface area contributed by atoms with Crippen LogP contribution in [0.3, 0.4) is 0 Å². The molecule has 2 heterocycles. The fourth-order valence-electron chi connectivity index (χ4n) is 3.03. The van der Waals surface area contributed by atoms with Crippen molar-refractivity contribution < 1.29 is 18.3 Å². The molecule has 2 saturated heterocycles. The van der Waals surface area contributed by atoms with Crippen LogP contribution >= 0.6 is 0 Å². The average molecular weight is 276 g/mol. The van der Waals surface area contributed by atoms with Crippen molar-refractivity contribution in [3.8, 4) is 0 Å². The van der Waals surface area contributed by atoms with Crippen LogP contribution in [0.1, 0.15) is 33.6 Å².